The van der Waals surface area contributed by atoms with Crippen LogP contribution in [0.25, 0.3) is 11.3 Å². The number of nitrogens with zero attached hydrogens (tertiary/aromatic N) is 2. The fourth-order valence-corrected chi connectivity index (χ4v) is 2.77. The molecule has 0 spiro atoms. The normalized spacial score (nSPS) is 10.3. The number of benzene rings is 3. The van der Waals surface area contributed by atoms with E-state index in [2.05, 4.69) is 20.8 Å². The van der Waals surface area contributed by atoms with Gasteiger partial charge in [0, 0.05) is 22.5 Å². The van der Waals surface area contributed by atoms with Crippen LogP contribution in [0.4, 0.5) is 17.2 Å². The molecule has 0 aliphatic rings. The molecule has 0 atom stereocenters. The summed E-state index contributed by atoms with van der Waals surface area (Å²) in [5.41, 5.74) is 3.90. The molecule has 5 nitrogen and oxygen atoms in total. The number of hydrogen-bond donors (Lipinski definition) is 2. The van der Waals surface area contributed by atoms with Gasteiger partial charge in [-0.25, -0.2) is 0 Å². The number of nitrogens with one attached hydrogen (secondary N) is 2. The molecule has 0 saturated heterocycles. The van der Waals surface area contributed by atoms with E-state index < -0.39 is 0 Å². The number of amides is 1. The minimum Gasteiger partial charge on any atom is -0.339 e. The Labute approximate surface area is 163 Å². The summed E-state index contributed by atoms with van der Waals surface area (Å²) in [5.74, 6) is 0.445. The monoisotopic (exact) mass is 366 g/mol. The van der Waals surface area contributed by atoms with E-state index in [0.29, 0.717) is 11.4 Å². The predicted molar refractivity (Wildman–Crippen MR) is 112 cm³/mol. The van der Waals surface area contributed by atoms with Crippen molar-refractivity contribution in [3.05, 3.63) is 103 Å². The van der Waals surface area contributed by atoms with Crippen LogP contribution in [0, 0.1) is 0 Å². The number of hydrogen-bond acceptors (Lipinski definition) is 4. The highest BCUT2D eigenvalue weighted by molar-refractivity contribution is 6.04. The topological polar surface area (TPSA) is 66.9 Å². The molecule has 0 radical (unpaired) electrons. The maximum atomic E-state index is 12.5. The Hall–Kier alpha value is -3.99. The zero-order valence-corrected chi connectivity index (χ0v) is 15.0. The van der Waals surface area contributed by atoms with E-state index in [4.69, 9.17) is 0 Å². The van der Waals surface area contributed by atoms with Gasteiger partial charge in [-0.3, -0.25) is 4.79 Å². The third-order valence-electron chi connectivity index (χ3n) is 4.16. The molecule has 4 aromatic rings. The second-order valence-corrected chi connectivity index (χ2v) is 6.20. The molecule has 28 heavy (non-hydrogen) atoms. The van der Waals surface area contributed by atoms with Crippen LogP contribution in [0.5, 0.6) is 0 Å². The number of aromatic nitrogens is 2. The fourth-order valence-electron chi connectivity index (χ4n) is 2.77. The van der Waals surface area contributed by atoms with Crippen molar-refractivity contribution in [1.29, 1.82) is 0 Å². The van der Waals surface area contributed by atoms with Gasteiger partial charge in [0.2, 0.25) is 0 Å². The van der Waals surface area contributed by atoms with Crippen LogP contribution in [-0.2, 0) is 0 Å². The van der Waals surface area contributed by atoms with E-state index in [1.54, 1.807) is 12.1 Å². The highest BCUT2D eigenvalue weighted by Gasteiger charge is 2.07. The first-order chi connectivity index (χ1) is 13.8. The number of anilines is 3. The quantitative estimate of drug-likeness (QED) is 0.513. The summed E-state index contributed by atoms with van der Waals surface area (Å²) in [6, 6.07) is 30.3. The van der Waals surface area contributed by atoms with Crippen molar-refractivity contribution in [2.45, 2.75) is 0 Å². The zero-order valence-electron chi connectivity index (χ0n) is 15.0. The Kier molecular flexibility index (Phi) is 5.06. The summed E-state index contributed by atoms with van der Waals surface area (Å²) in [6.07, 6.45) is 0. The van der Waals surface area contributed by atoms with E-state index in [1.165, 1.54) is 0 Å². The van der Waals surface area contributed by atoms with Crippen molar-refractivity contribution in [2.24, 2.45) is 0 Å². The Morgan fingerprint density at radius 3 is 2.11 bits per heavy atom. The van der Waals surface area contributed by atoms with Gasteiger partial charge in [-0.05, 0) is 42.5 Å². The van der Waals surface area contributed by atoms with Crippen molar-refractivity contribution >= 4 is 23.1 Å². The third-order valence-corrected chi connectivity index (χ3v) is 4.16. The molecule has 1 amide bonds. The Morgan fingerprint density at radius 1 is 0.679 bits per heavy atom. The molecule has 3 aromatic carbocycles. The SMILES string of the molecule is O=C(Nc1ccccc1)c1cccc(Nc2ccc(-c3ccccc3)nn2)c1. The summed E-state index contributed by atoms with van der Waals surface area (Å²) in [4.78, 5) is 12.5. The van der Waals surface area contributed by atoms with Crippen LogP contribution in [-0.4, -0.2) is 16.1 Å². The summed E-state index contributed by atoms with van der Waals surface area (Å²) in [7, 11) is 0. The molecule has 4 rings (SSSR count). The second kappa shape index (κ2) is 8.14. The van der Waals surface area contributed by atoms with Crippen LogP contribution in [0.1, 0.15) is 10.4 Å². The Balaban J connectivity index is 1.47. The molecule has 0 aliphatic carbocycles. The smallest absolute Gasteiger partial charge is 0.255 e. The first-order valence-electron chi connectivity index (χ1n) is 8.90. The number of carbonyl (C=O) groups is 1. The minimum atomic E-state index is -0.166. The molecule has 0 unspecified atom stereocenters. The Bertz CT molecular complexity index is 1060. The van der Waals surface area contributed by atoms with Gasteiger partial charge in [0.25, 0.3) is 5.91 Å². The van der Waals surface area contributed by atoms with E-state index in [0.717, 1.165) is 22.6 Å². The largest absolute Gasteiger partial charge is 0.339 e. The van der Waals surface area contributed by atoms with Gasteiger partial charge in [0.15, 0.2) is 5.82 Å². The lowest BCUT2D eigenvalue weighted by atomic mass is 10.1. The maximum Gasteiger partial charge on any atom is 0.255 e. The highest BCUT2D eigenvalue weighted by Crippen LogP contribution is 2.20. The van der Waals surface area contributed by atoms with E-state index >= 15 is 0 Å². The van der Waals surface area contributed by atoms with E-state index in [-0.39, 0.29) is 5.91 Å². The number of para-hydroxylation sites is 1. The standard InChI is InChI=1S/C23H18N4O/c28-23(25-19-11-5-2-6-12-19)18-10-7-13-20(16-18)24-22-15-14-21(26-27-22)17-8-3-1-4-9-17/h1-16H,(H,24,27)(H,25,28). The molecule has 0 saturated carbocycles. The minimum absolute atomic E-state index is 0.166. The van der Waals surface area contributed by atoms with E-state index in [9.17, 15) is 4.79 Å². The Morgan fingerprint density at radius 2 is 1.39 bits per heavy atom. The van der Waals surface area contributed by atoms with Gasteiger partial charge in [0.05, 0.1) is 5.69 Å². The average molecular weight is 366 g/mol. The molecule has 0 aliphatic heterocycles. The first kappa shape index (κ1) is 17.4. The zero-order chi connectivity index (χ0) is 19.2. The lowest BCUT2D eigenvalue weighted by Crippen LogP contribution is -2.11. The molecular formula is C23H18N4O. The van der Waals surface area contributed by atoms with Gasteiger partial charge in [0.1, 0.15) is 0 Å². The fraction of sp³-hybridized carbons (Fsp3) is 0. The highest BCUT2D eigenvalue weighted by atomic mass is 16.1. The van der Waals surface area contributed by atoms with Crippen LogP contribution in [0.15, 0.2) is 97.1 Å². The first-order valence-corrected chi connectivity index (χ1v) is 8.90. The van der Waals surface area contributed by atoms with E-state index in [1.807, 2.05) is 84.9 Å². The molecule has 2 N–H and O–H groups in total. The van der Waals surface area contributed by atoms with Gasteiger partial charge in [-0.1, -0.05) is 54.6 Å². The van der Waals surface area contributed by atoms with Gasteiger partial charge in [-0.2, -0.15) is 0 Å². The average Bonchev–Trinajstić information content (AvgIpc) is 2.76. The lowest BCUT2D eigenvalue weighted by Gasteiger charge is -2.09. The lowest BCUT2D eigenvalue weighted by molar-refractivity contribution is 0.102. The molecule has 136 valence electrons. The van der Waals surface area contributed by atoms with Crippen LogP contribution in [0.2, 0.25) is 0 Å². The molecule has 0 bridgehead atoms. The second-order valence-electron chi connectivity index (χ2n) is 6.20. The van der Waals surface area contributed by atoms with Crippen molar-refractivity contribution in [1.82, 2.24) is 10.2 Å². The van der Waals surface area contributed by atoms with Crippen molar-refractivity contribution in [3.8, 4) is 11.3 Å². The summed E-state index contributed by atoms with van der Waals surface area (Å²) in [6.45, 7) is 0. The summed E-state index contributed by atoms with van der Waals surface area (Å²) < 4.78 is 0. The summed E-state index contributed by atoms with van der Waals surface area (Å²) in [5, 5.41) is 14.6. The van der Waals surface area contributed by atoms with Gasteiger partial charge < -0.3 is 10.6 Å². The molecule has 1 aromatic heterocycles. The van der Waals surface area contributed by atoms with Crippen molar-refractivity contribution in [3.63, 3.8) is 0 Å². The molecule has 5 heteroatoms. The van der Waals surface area contributed by atoms with Crippen LogP contribution < -0.4 is 10.6 Å². The number of carbonyl (C=O) groups excluding carboxylic acids is 1. The van der Waals surface area contributed by atoms with Crippen molar-refractivity contribution in [2.75, 3.05) is 10.6 Å². The maximum absolute atomic E-state index is 12.5. The third kappa shape index (κ3) is 4.22. The van der Waals surface area contributed by atoms with Gasteiger partial charge >= 0.3 is 0 Å². The molecule has 0 fully saturated rings. The van der Waals surface area contributed by atoms with Crippen molar-refractivity contribution < 1.29 is 4.79 Å². The summed E-state index contributed by atoms with van der Waals surface area (Å²) >= 11 is 0. The van der Waals surface area contributed by atoms with Gasteiger partial charge in [-0.15, -0.1) is 10.2 Å². The van der Waals surface area contributed by atoms with Crippen LogP contribution in [0.3, 0.4) is 0 Å². The molecule has 1 heterocycles. The van der Waals surface area contributed by atoms with Crippen LogP contribution >= 0.6 is 0 Å². The molecular weight excluding hydrogens is 348 g/mol. The number of rotatable bonds is 5. The predicted octanol–water partition coefficient (Wildman–Crippen LogP) is 5.14.